The topological polar surface area (TPSA) is 49.7 Å². The molecule has 1 aliphatic carbocycles. The normalized spacial score (nSPS) is 18.7. The van der Waals surface area contributed by atoms with Gasteiger partial charge < -0.3 is 5.11 Å². The highest BCUT2D eigenvalue weighted by Crippen LogP contribution is 2.36. The second kappa shape index (κ2) is 6.91. The number of aliphatic imine (C=N–C) groups is 1. The van der Waals surface area contributed by atoms with E-state index in [4.69, 9.17) is 0 Å². The van der Waals surface area contributed by atoms with E-state index in [1.54, 1.807) is 0 Å². The largest absolute Gasteiger partial charge is 0.511 e. The number of nitrogens with zero attached hydrogens (tertiary/aromatic N) is 1. The Morgan fingerprint density at radius 1 is 1.23 bits per heavy atom. The number of carbonyl (C=O) groups is 1. The fourth-order valence-corrected chi connectivity index (χ4v) is 2.91. The molecule has 0 aliphatic heterocycles. The van der Waals surface area contributed by atoms with Crippen molar-refractivity contribution >= 4 is 11.5 Å². The molecule has 0 heterocycles. The second-order valence-electron chi connectivity index (χ2n) is 6.76. The Kier molecular flexibility index (Phi) is 5.17. The van der Waals surface area contributed by atoms with Crippen LogP contribution in [-0.4, -0.2) is 16.6 Å². The van der Waals surface area contributed by atoms with E-state index in [0.29, 0.717) is 25.0 Å². The first kappa shape index (κ1) is 16.5. The van der Waals surface area contributed by atoms with E-state index < -0.39 is 0 Å². The van der Waals surface area contributed by atoms with Crippen LogP contribution < -0.4 is 0 Å². The lowest BCUT2D eigenvalue weighted by molar-refractivity contribution is -0.117. The first-order valence-electron chi connectivity index (χ1n) is 7.96. The van der Waals surface area contributed by atoms with Crippen LogP contribution in [0.3, 0.4) is 0 Å². The van der Waals surface area contributed by atoms with Crippen LogP contribution in [0.2, 0.25) is 0 Å². The Morgan fingerprint density at radius 2 is 1.91 bits per heavy atom. The van der Waals surface area contributed by atoms with Gasteiger partial charge >= 0.3 is 0 Å². The number of Topliss-reactive ketones (excluding diaryl/α,β-unsaturated/α-hetero) is 1. The van der Waals surface area contributed by atoms with Gasteiger partial charge in [-0.15, -0.1) is 0 Å². The molecule has 1 aromatic carbocycles. The van der Waals surface area contributed by atoms with Crippen LogP contribution in [0.5, 0.6) is 0 Å². The minimum atomic E-state index is -0.165. The summed E-state index contributed by atoms with van der Waals surface area (Å²) in [5.41, 5.74) is 2.17. The third-order valence-electron chi connectivity index (χ3n) is 3.92. The summed E-state index contributed by atoms with van der Waals surface area (Å²) in [6.07, 6.45) is 2.64. The van der Waals surface area contributed by atoms with Gasteiger partial charge in [-0.2, -0.15) is 0 Å². The van der Waals surface area contributed by atoms with Gasteiger partial charge in [-0.05, 0) is 17.4 Å². The van der Waals surface area contributed by atoms with Gasteiger partial charge in [0.1, 0.15) is 5.76 Å². The molecular weight excluding hydrogens is 274 g/mol. The molecule has 0 amide bonds. The molecule has 3 nitrogen and oxygen atoms in total. The summed E-state index contributed by atoms with van der Waals surface area (Å²) in [5.74, 6) is 0.232. The lowest BCUT2D eigenvalue weighted by atomic mass is 9.75. The molecule has 0 radical (unpaired) electrons. The minimum Gasteiger partial charge on any atom is -0.511 e. The molecule has 0 saturated carbocycles. The SMILES string of the molecule is CCCC(=NCc1ccccc1)C1=C(O)CC(C)(C)CC1=O. The number of carbonyl (C=O) groups excluding carboxylic acids is 1. The molecule has 0 unspecified atom stereocenters. The smallest absolute Gasteiger partial charge is 0.168 e. The molecule has 1 aliphatic rings. The first-order chi connectivity index (χ1) is 10.4. The molecule has 1 N–H and O–H groups in total. The fourth-order valence-electron chi connectivity index (χ4n) is 2.91. The number of rotatable bonds is 5. The molecular formula is C19H25NO2. The molecule has 0 atom stereocenters. The summed E-state index contributed by atoms with van der Waals surface area (Å²) >= 11 is 0. The van der Waals surface area contributed by atoms with Crippen molar-refractivity contribution < 1.29 is 9.90 Å². The predicted octanol–water partition coefficient (Wildman–Crippen LogP) is 4.63. The Hall–Kier alpha value is -1.90. The van der Waals surface area contributed by atoms with E-state index in [-0.39, 0.29) is 17.0 Å². The highest BCUT2D eigenvalue weighted by atomic mass is 16.3. The van der Waals surface area contributed by atoms with Crippen LogP contribution in [0.25, 0.3) is 0 Å². The zero-order chi connectivity index (χ0) is 16.2. The quantitative estimate of drug-likeness (QED) is 0.806. The number of aliphatic hydroxyl groups excluding tert-OH is 1. The average Bonchev–Trinajstić information content (AvgIpc) is 2.43. The summed E-state index contributed by atoms with van der Waals surface area (Å²) < 4.78 is 0. The fraction of sp³-hybridized carbons (Fsp3) is 0.474. The molecule has 0 saturated heterocycles. The predicted molar refractivity (Wildman–Crippen MR) is 90.2 cm³/mol. The third-order valence-corrected chi connectivity index (χ3v) is 3.92. The summed E-state index contributed by atoms with van der Waals surface area (Å²) in [4.78, 5) is 17.1. The van der Waals surface area contributed by atoms with Gasteiger partial charge in [-0.1, -0.05) is 57.5 Å². The van der Waals surface area contributed by atoms with Crippen molar-refractivity contribution in [1.29, 1.82) is 0 Å². The summed E-state index contributed by atoms with van der Waals surface area (Å²) in [6, 6.07) is 9.98. The van der Waals surface area contributed by atoms with Gasteiger partial charge in [0.25, 0.3) is 0 Å². The molecule has 118 valence electrons. The van der Waals surface area contributed by atoms with Gasteiger partial charge in [0.2, 0.25) is 0 Å². The van der Waals surface area contributed by atoms with Crippen LogP contribution in [-0.2, 0) is 11.3 Å². The Bertz CT molecular complexity index is 597. The van der Waals surface area contributed by atoms with Crippen molar-refractivity contribution in [3.8, 4) is 0 Å². The van der Waals surface area contributed by atoms with E-state index in [9.17, 15) is 9.90 Å². The molecule has 3 heteroatoms. The summed E-state index contributed by atoms with van der Waals surface area (Å²) in [5, 5.41) is 10.3. The van der Waals surface area contributed by atoms with Crippen molar-refractivity contribution in [2.24, 2.45) is 10.4 Å². The number of hydrogen-bond acceptors (Lipinski definition) is 3. The summed E-state index contributed by atoms with van der Waals surface area (Å²) in [6.45, 7) is 6.63. The van der Waals surface area contributed by atoms with E-state index >= 15 is 0 Å². The maximum Gasteiger partial charge on any atom is 0.168 e. The van der Waals surface area contributed by atoms with Gasteiger partial charge in [0.15, 0.2) is 5.78 Å². The third kappa shape index (κ3) is 4.06. The van der Waals surface area contributed by atoms with E-state index in [2.05, 4.69) is 11.9 Å². The maximum atomic E-state index is 12.4. The van der Waals surface area contributed by atoms with Crippen LogP contribution in [0.4, 0.5) is 0 Å². The van der Waals surface area contributed by atoms with Crippen molar-refractivity contribution in [3.05, 3.63) is 47.2 Å². The number of aliphatic hydroxyl groups is 1. The highest BCUT2D eigenvalue weighted by Gasteiger charge is 2.34. The average molecular weight is 299 g/mol. The van der Waals surface area contributed by atoms with Gasteiger partial charge in [0.05, 0.1) is 12.1 Å². The van der Waals surface area contributed by atoms with Crippen LogP contribution in [0.15, 0.2) is 46.7 Å². The standard InChI is InChI=1S/C19H25NO2/c1-4-8-15(20-13-14-9-6-5-7-10-14)18-16(21)11-19(2,3)12-17(18)22/h5-7,9-10,21H,4,8,11-13H2,1-3H3. The first-order valence-corrected chi connectivity index (χ1v) is 7.96. The molecule has 0 bridgehead atoms. The Morgan fingerprint density at radius 3 is 2.50 bits per heavy atom. The van der Waals surface area contributed by atoms with Gasteiger partial charge in [-0.3, -0.25) is 9.79 Å². The minimum absolute atomic E-state index is 0.0222. The van der Waals surface area contributed by atoms with Crippen molar-refractivity contribution in [3.63, 3.8) is 0 Å². The molecule has 0 fully saturated rings. The van der Waals surface area contributed by atoms with Gasteiger partial charge in [-0.25, -0.2) is 0 Å². The van der Waals surface area contributed by atoms with E-state index in [0.717, 1.165) is 24.1 Å². The van der Waals surface area contributed by atoms with Crippen molar-refractivity contribution in [1.82, 2.24) is 0 Å². The molecule has 0 aromatic heterocycles. The van der Waals surface area contributed by atoms with E-state index in [1.165, 1.54) is 0 Å². The Balaban J connectivity index is 2.29. The highest BCUT2D eigenvalue weighted by molar-refractivity contribution is 6.23. The lowest BCUT2D eigenvalue weighted by Gasteiger charge is -2.30. The van der Waals surface area contributed by atoms with Gasteiger partial charge in [0, 0.05) is 18.6 Å². The Labute approximate surface area is 132 Å². The summed E-state index contributed by atoms with van der Waals surface area (Å²) in [7, 11) is 0. The maximum absolute atomic E-state index is 12.4. The number of ketones is 1. The molecule has 22 heavy (non-hydrogen) atoms. The number of hydrogen-bond donors (Lipinski definition) is 1. The van der Waals surface area contributed by atoms with E-state index in [1.807, 2.05) is 44.2 Å². The monoisotopic (exact) mass is 299 g/mol. The number of allylic oxidation sites excluding steroid dienone is 2. The molecule has 2 rings (SSSR count). The zero-order valence-electron chi connectivity index (χ0n) is 13.7. The molecule has 0 spiro atoms. The molecule has 1 aromatic rings. The van der Waals surface area contributed by atoms with Crippen LogP contribution in [0, 0.1) is 5.41 Å². The van der Waals surface area contributed by atoms with Crippen LogP contribution >= 0.6 is 0 Å². The van der Waals surface area contributed by atoms with Crippen molar-refractivity contribution in [2.45, 2.75) is 53.0 Å². The van der Waals surface area contributed by atoms with Crippen LogP contribution in [0.1, 0.15) is 52.0 Å². The second-order valence-corrected chi connectivity index (χ2v) is 6.76. The zero-order valence-corrected chi connectivity index (χ0v) is 13.7. The lowest BCUT2D eigenvalue weighted by Crippen LogP contribution is -2.29. The number of benzene rings is 1. The van der Waals surface area contributed by atoms with Crippen molar-refractivity contribution in [2.75, 3.05) is 0 Å².